The molecular weight excluding hydrogens is 436 g/mol. The Kier molecular flexibility index (Phi) is 4.97. The van der Waals surface area contributed by atoms with Gasteiger partial charge in [0, 0.05) is 18.1 Å². The van der Waals surface area contributed by atoms with Gasteiger partial charge in [-0.2, -0.15) is 4.98 Å². The Hall–Kier alpha value is -3.60. The molecule has 2 aromatic heterocycles. The van der Waals surface area contributed by atoms with Crippen LogP contribution in [0.1, 0.15) is 36.9 Å². The first kappa shape index (κ1) is 20.3. The largest absolute Gasteiger partial charge is 0.497 e. The summed E-state index contributed by atoms with van der Waals surface area (Å²) in [5.74, 6) is 1.13. The molecule has 1 fully saturated rings. The maximum absolute atomic E-state index is 12.8. The Labute approximate surface area is 182 Å². The van der Waals surface area contributed by atoms with E-state index < -0.39 is 15.8 Å². The average molecular weight is 456 g/mol. The van der Waals surface area contributed by atoms with Gasteiger partial charge in [-0.25, -0.2) is 13.2 Å². The standard InChI is InChI=1S/C21H20N4O6S/c1-29-15-7-3-6-14(10-15)24-32(27,28)16-8-9-17-18(11-16)30-21(26)25(17)12-19-22-20(31-23-19)13-4-2-5-13/h3,6-11,13,24H,2,4-5,12H2,1H3. The van der Waals surface area contributed by atoms with E-state index in [4.69, 9.17) is 13.7 Å². The number of rotatable bonds is 7. The number of fused-ring (bicyclic) bond motifs is 1. The highest BCUT2D eigenvalue weighted by molar-refractivity contribution is 7.92. The number of nitrogens with zero attached hydrogens (tertiary/aromatic N) is 3. The zero-order valence-electron chi connectivity index (χ0n) is 17.1. The highest BCUT2D eigenvalue weighted by Gasteiger charge is 2.26. The first-order valence-electron chi connectivity index (χ1n) is 10.1. The minimum absolute atomic E-state index is 0.0412. The maximum atomic E-state index is 12.8. The molecule has 0 amide bonds. The van der Waals surface area contributed by atoms with Crippen molar-refractivity contribution in [3.05, 3.63) is 64.7 Å². The molecule has 11 heteroatoms. The van der Waals surface area contributed by atoms with Crippen LogP contribution in [0.15, 0.2) is 61.1 Å². The summed E-state index contributed by atoms with van der Waals surface area (Å²) in [7, 11) is -2.41. The van der Waals surface area contributed by atoms with E-state index in [-0.39, 0.29) is 17.0 Å². The van der Waals surface area contributed by atoms with Crippen LogP contribution in [-0.4, -0.2) is 30.2 Å². The van der Waals surface area contributed by atoms with Crippen molar-refractivity contribution >= 4 is 26.8 Å². The number of aromatic nitrogens is 3. The van der Waals surface area contributed by atoms with Crippen LogP contribution in [0.3, 0.4) is 0 Å². The van der Waals surface area contributed by atoms with Crippen molar-refractivity contribution in [1.29, 1.82) is 0 Å². The van der Waals surface area contributed by atoms with Gasteiger partial charge in [-0.15, -0.1) is 0 Å². The molecule has 1 saturated carbocycles. The summed E-state index contributed by atoms with van der Waals surface area (Å²) in [6.07, 6.45) is 3.20. The maximum Gasteiger partial charge on any atom is 0.420 e. The molecule has 0 saturated heterocycles. The first-order chi connectivity index (χ1) is 15.4. The number of nitrogens with one attached hydrogen (secondary N) is 1. The van der Waals surface area contributed by atoms with Crippen LogP contribution in [0.25, 0.3) is 11.1 Å². The Balaban J connectivity index is 1.42. The molecule has 32 heavy (non-hydrogen) atoms. The Bertz CT molecular complexity index is 1450. The minimum atomic E-state index is -3.91. The van der Waals surface area contributed by atoms with Gasteiger partial charge in [0.15, 0.2) is 11.4 Å². The highest BCUT2D eigenvalue weighted by Crippen LogP contribution is 2.35. The quantitative estimate of drug-likeness (QED) is 0.449. The third-order valence-electron chi connectivity index (χ3n) is 5.51. The molecule has 2 heterocycles. The third kappa shape index (κ3) is 3.75. The molecule has 2 aromatic carbocycles. The topological polar surface area (TPSA) is 129 Å². The highest BCUT2D eigenvalue weighted by atomic mass is 32.2. The summed E-state index contributed by atoms with van der Waals surface area (Å²) in [5.41, 5.74) is 0.930. The second-order valence-electron chi connectivity index (χ2n) is 7.60. The number of anilines is 1. The van der Waals surface area contributed by atoms with Crippen LogP contribution in [0.2, 0.25) is 0 Å². The van der Waals surface area contributed by atoms with Gasteiger partial charge in [0.05, 0.1) is 29.8 Å². The van der Waals surface area contributed by atoms with E-state index in [1.54, 1.807) is 24.3 Å². The van der Waals surface area contributed by atoms with Crippen molar-refractivity contribution in [3.8, 4) is 5.75 Å². The van der Waals surface area contributed by atoms with E-state index in [0.29, 0.717) is 34.6 Å². The van der Waals surface area contributed by atoms with Gasteiger partial charge in [-0.3, -0.25) is 9.29 Å². The van der Waals surface area contributed by atoms with E-state index in [9.17, 15) is 13.2 Å². The fourth-order valence-electron chi connectivity index (χ4n) is 3.56. The number of ether oxygens (including phenoxy) is 1. The zero-order valence-corrected chi connectivity index (χ0v) is 18.0. The molecule has 5 rings (SSSR count). The van der Waals surface area contributed by atoms with Crippen LogP contribution >= 0.6 is 0 Å². The van der Waals surface area contributed by atoms with Gasteiger partial charge in [0.25, 0.3) is 10.0 Å². The van der Waals surface area contributed by atoms with Crippen molar-refractivity contribution in [2.75, 3.05) is 11.8 Å². The molecule has 10 nitrogen and oxygen atoms in total. The molecule has 0 unspecified atom stereocenters. The summed E-state index contributed by atoms with van der Waals surface area (Å²) >= 11 is 0. The molecule has 0 aliphatic heterocycles. The Morgan fingerprint density at radius 1 is 1.22 bits per heavy atom. The third-order valence-corrected chi connectivity index (χ3v) is 6.89. The van der Waals surface area contributed by atoms with E-state index in [1.807, 2.05) is 0 Å². The van der Waals surface area contributed by atoms with E-state index in [2.05, 4.69) is 14.9 Å². The van der Waals surface area contributed by atoms with Gasteiger partial charge in [0.2, 0.25) is 5.89 Å². The van der Waals surface area contributed by atoms with Crippen LogP contribution in [0.4, 0.5) is 5.69 Å². The molecule has 1 aliphatic rings. The van der Waals surface area contributed by atoms with E-state index >= 15 is 0 Å². The van der Waals surface area contributed by atoms with E-state index in [0.717, 1.165) is 19.3 Å². The van der Waals surface area contributed by atoms with Crippen molar-refractivity contribution < 1.29 is 22.1 Å². The van der Waals surface area contributed by atoms with Crippen LogP contribution < -0.4 is 15.2 Å². The van der Waals surface area contributed by atoms with Gasteiger partial charge < -0.3 is 13.7 Å². The zero-order chi connectivity index (χ0) is 22.3. The molecule has 0 spiro atoms. The molecular formula is C21H20N4O6S. The minimum Gasteiger partial charge on any atom is -0.497 e. The molecule has 0 bridgehead atoms. The van der Waals surface area contributed by atoms with Crippen molar-refractivity contribution in [3.63, 3.8) is 0 Å². The number of hydrogen-bond acceptors (Lipinski definition) is 8. The van der Waals surface area contributed by atoms with Crippen LogP contribution in [0, 0.1) is 0 Å². The second kappa shape index (κ2) is 7.83. The second-order valence-corrected chi connectivity index (χ2v) is 9.28. The predicted molar refractivity (Wildman–Crippen MR) is 114 cm³/mol. The normalized spacial score (nSPS) is 14.4. The number of sulfonamides is 1. The Morgan fingerprint density at radius 2 is 2.06 bits per heavy atom. The fraction of sp³-hybridized carbons (Fsp3) is 0.286. The van der Waals surface area contributed by atoms with Crippen LogP contribution in [0.5, 0.6) is 5.75 Å². The summed E-state index contributed by atoms with van der Waals surface area (Å²) in [5, 5.41) is 3.96. The van der Waals surface area contributed by atoms with Gasteiger partial charge in [-0.1, -0.05) is 17.6 Å². The monoisotopic (exact) mass is 456 g/mol. The number of methoxy groups -OCH3 is 1. The molecule has 1 aliphatic carbocycles. The average Bonchev–Trinajstić information content (AvgIpc) is 3.30. The molecule has 166 valence electrons. The fourth-order valence-corrected chi connectivity index (χ4v) is 4.62. The smallest absolute Gasteiger partial charge is 0.420 e. The van der Waals surface area contributed by atoms with Crippen molar-refractivity contribution in [1.82, 2.24) is 14.7 Å². The van der Waals surface area contributed by atoms with Crippen molar-refractivity contribution in [2.45, 2.75) is 36.6 Å². The summed E-state index contributed by atoms with van der Waals surface area (Å²) in [6.45, 7) is 0.0657. The first-order valence-corrected chi connectivity index (χ1v) is 11.5. The number of hydrogen-bond donors (Lipinski definition) is 1. The molecule has 1 N–H and O–H groups in total. The number of oxazole rings is 1. The Morgan fingerprint density at radius 3 is 2.81 bits per heavy atom. The van der Waals surface area contributed by atoms with Gasteiger partial charge in [-0.05, 0) is 37.1 Å². The SMILES string of the molecule is COc1cccc(NS(=O)(=O)c2ccc3c(c2)oc(=O)n3Cc2noc(C3CCC3)n2)c1. The lowest BCUT2D eigenvalue weighted by atomic mass is 9.85. The van der Waals surface area contributed by atoms with Crippen LogP contribution in [-0.2, 0) is 16.6 Å². The summed E-state index contributed by atoms with van der Waals surface area (Å²) in [4.78, 5) is 16.7. The summed E-state index contributed by atoms with van der Waals surface area (Å²) < 4.78 is 45.2. The molecule has 0 radical (unpaired) electrons. The molecule has 4 aromatic rings. The van der Waals surface area contributed by atoms with Crippen molar-refractivity contribution in [2.24, 2.45) is 0 Å². The number of benzene rings is 2. The lowest BCUT2D eigenvalue weighted by Gasteiger charge is -2.20. The lowest BCUT2D eigenvalue weighted by molar-refractivity contribution is 0.291. The summed E-state index contributed by atoms with van der Waals surface area (Å²) in [6, 6.07) is 10.8. The van der Waals surface area contributed by atoms with Gasteiger partial charge in [0.1, 0.15) is 5.75 Å². The van der Waals surface area contributed by atoms with E-state index in [1.165, 1.54) is 29.9 Å². The van der Waals surface area contributed by atoms with Gasteiger partial charge >= 0.3 is 5.76 Å². The lowest BCUT2D eigenvalue weighted by Crippen LogP contribution is -2.16. The predicted octanol–water partition coefficient (Wildman–Crippen LogP) is 3.10. The molecule has 0 atom stereocenters.